The van der Waals surface area contributed by atoms with Crippen molar-refractivity contribution in [1.82, 2.24) is 9.88 Å². The standard InChI is InChI=1S/C20H20N4O2S2/c1-23-19(26)16(28-20(23)27)11-14-10-13-4-2-3-5-15(13)22-18(14)24-8-6-12(7-9-24)17(21)25/h2-5,10-12H,6-9H2,1H3,(H2,21,25)/b16-11-. The van der Waals surface area contributed by atoms with Crippen LogP contribution in [0.25, 0.3) is 17.0 Å². The quantitative estimate of drug-likeness (QED) is 0.617. The maximum absolute atomic E-state index is 12.5. The molecule has 2 amide bonds. The second-order valence-corrected chi connectivity index (χ2v) is 8.67. The second-order valence-electron chi connectivity index (χ2n) is 7.00. The van der Waals surface area contributed by atoms with Gasteiger partial charge in [0.2, 0.25) is 5.91 Å². The number of primary amides is 1. The number of piperidine rings is 1. The Kier molecular flexibility index (Phi) is 5.07. The number of nitrogens with zero attached hydrogens (tertiary/aromatic N) is 3. The van der Waals surface area contributed by atoms with Crippen molar-refractivity contribution < 1.29 is 9.59 Å². The molecule has 28 heavy (non-hydrogen) atoms. The Morgan fingerprint density at radius 3 is 2.68 bits per heavy atom. The van der Waals surface area contributed by atoms with Crippen LogP contribution in [-0.4, -0.2) is 46.2 Å². The molecule has 2 aromatic rings. The monoisotopic (exact) mass is 412 g/mol. The lowest BCUT2D eigenvalue weighted by atomic mass is 9.96. The largest absolute Gasteiger partial charge is 0.369 e. The van der Waals surface area contributed by atoms with Crippen LogP contribution in [-0.2, 0) is 9.59 Å². The van der Waals surface area contributed by atoms with Gasteiger partial charge in [-0.1, -0.05) is 42.2 Å². The highest BCUT2D eigenvalue weighted by Gasteiger charge is 2.30. The number of benzene rings is 1. The molecule has 0 bridgehead atoms. The number of anilines is 1. The molecule has 0 saturated carbocycles. The Morgan fingerprint density at radius 1 is 1.32 bits per heavy atom. The number of rotatable bonds is 3. The summed E-state index contributed by atoms with van der Waals surface area (Å²) < 4.78 is 0.550. The maximum Gasteiger partial charge on any atom is 0.265 e. The highest BCUT2D eigenvalue weighted by atomic mass is 32.2. The number of hydrogen-bond donors (Lipinski definition) is 1. The number of aromatic nitrogens is 1. The number of fused-ring (bicyclic) bond motifs is 1. The van der Waals surface area contributed by atoms with Crippen LogP contribution in [0, 0.1) is 5.92 Å². The van der Waals surface area contributed by atoms with E-state index in [-0.39, 0.29) is 17.7 Å². The average molecular weight is 413 g/mol. The lowest BCUT2D eigenvalue weighted by molar-refractivity contribution is -0.122. The molecule has 1 aromatic carbocycles. The number of hydrogen-bond acceptors (Lipinski definition) is 6. The predicted octanol–water partition coefficient (Wildman–Crippen LogP) is 2.77. The van der Waals surface area contributed by atoms with E-state index in [1.165, 1.54) is 16.7 Å². The zero-order chi connectivity index (χ0) is 19.8. The van der Waals surface area contributed by atoms with Crippen LogP contribution in [0.5, 0.6) is 0 Å². The summed E-state index contributed by atoms with van der Waals surface area (Å²) in [6.07, 6.45) is 3.29. The molecule has 2 aliphatic heterocycles. The second kappa shape index (κ2) is 7.52. The van der Waals surface area contributed by atoms with Crippen molar-refractivity contribution in [2.75, 3.05) is 25.0 Å². The maximum atomic E-state index is 12.5. The number of thiocarbonyl (C=S) groups is 1. The highest BCUT2D eigenvalue weighted by Crippen LogP contribution is 2.35. The van der Waals surface area contributed by atoms with Crippen molar-refractivity contribution in [3.05, 3.63) is 40.8 Å². The minimum atomic E-state index is -0.238. The zero-order valence-electron chi connectivity index (χ0n) is 15.4. The molecule has 2 saturated heterocycles. The molecule has 0 radical (unpaired) electrons. The molecule has 0 spiro atoms. The SMILES string of the molecule is CN1C(=O)/C(=C/c2cc3ccccc3nc2N2CCC(C(N)=O)CC2)SC1=S. The molecule has 2 N–H and O–H groups in total. The third-order valence-corrected chi connectivity index (χ3v) is 6.69. The predicted molar refractivity (Wildman–Crippen MR) is 117 cm³/mol. The number of likely N-dealkylation sites (N-methyl/N-ethyl adjacent to an activating group) is 1. The van der Waals surface area contributed by atoms with Crippen molar-refractivity contribution in [3.8, 4) is 0 Å². The van der Waals surface area contributed by atoms with E-state index >= 15 is 0 Å². The number of pyridine rings is 1. The minimum Gasteiger partial charge on any atom is -0.369 e. The van der Waals surface area contributed by atoms with Gasteiger partial charge in [-0.3, -0.25) is 14.5 Å². The first-order valence-corrected chi connectivity index (χ1v) is 10.3. The first-order chi connectivity index (χ1) is 13.4. The van der Waals surface area contributed by atoms with E-state index in [1.54, 1.807) is 7.05 Å². The molecule has 6 nitrogen and oxygen atoms in total. The van der Waals surface area contributed by atoms with Gasteiger partial charge in [-0.2, -0.15) is 0 Å². The zero-order valence-corrected chi connectivity index (χ0v) is 17.1. The number of nitrogens with two attached hydrogens (primary N) is 1. The smallest absolute Gasteiger partial charge is 0.265 e. The number of amides is 2. The molecule has 8 heteroatoms. The first-order valence-electron chi connectivity index (χ1n) is 9.09. The third kappa shape index (κ3) is 3.49. The summed E-state index contributed by atoms with van der Waals surface area (Å²) >= 11 is 6.54. The fraction of sp³-hybridized carbons (Fsp3) is 0.300. The molecule has 0 atom stereocenters. The summed E-state index contributed by atoms with van der Waals surface area (Å²) in [5, 5.41) is 1.01. The van der Waals surface area contributed by atoms with Crippen LogP contribution in [0.2, 0.25) is 0 Å². The molecule has 144 valence electrons. The summed E-state index contributed by atoms with van der Waals surface area (Å²) in [5.74, 6) is 0.402. The van der Waals surface area contributed by atoms with E-state index in [2.05, 4.69) is 11.0 Å². The van der Waals surface area contributed by atoms with Crippen molar-refractivity contribution in [3.63, 3.8) is 0 Å². The molecule has 0 unspecified atom stereocenters. The van der Waals surface area contributed by atoms with Gasteiger partial charge in [0.1, 0.15) is 10.1 Å². The molecule has 1 aromatic heterocycles. The van der Waals surface area contributed by atoms with E-state index in [9.17, 15) is 9.59 Å². The van der Waals surface area contributed by atoms with Crippen LogP contribution in [0.15, 0.2) is 35.2 Å². The normalized spacial score (nSPS) is 19.8. The molecular weight excluding hydrogens is 392 g/mol. The molecule has 4 rings (SSSR count). The van der Waals surface area contributed by atoms with Gasteiger partial charge < -0.3 is 10.6 Å². The van der Waals surface area contributed by atoms with Gasteiger partial charge in [-0.25, -0.2) is 4.98 Å². The van der Waals surface area contributed by atoms with E-state index in [0.29, 0.717) is 35.2 Å². The van der Waals surface area contributed by atoms with Crippen LogP contribution >= 0.6 is 24.0 Å². The van der Waals surface area contributed by atoms with E-state index in [4.69, 9.17) is 22.9 Å². The van der Waals surface area contributed by atoms with Crippen LogP contribution < -0.4 is 10.6 Å². The minimum absolute atomic E-state index is 0.0866. The molecule has 3 heterocycles. The van der Waals surface area contributed by atoms with Gasteiger partial charge in [0.25, 0.3) is 5.91 Å². The Balaban J connectivity index is 1.75. The van der Waals surface area contributed by atoms with Gasteiger partial charge in [0, 0.05) is 37.0 Å². The van der Waals surface area contributed by atoms with Crippen LogP contribution in [0.3, 0.4) is 0 Å². The molecule has 2 fully saturated rings. The topological polar surface area (TPSA) is 79.5 Å². The lowest BCUT2D eigenvalue weighted by Gasteiger charge is -2.32. The van der Waals surface area contributed by atoms with Crippen molar-refractivity contribution in [1.29, 1.82) is 0 Å². The van der Waals surface area contributed by atoms with Gasteiger partial charge in [-0.15, -0.1) is 0 Å². The molecule has 2 aliphatic rings. The number of para-hydroxylation sites is 1. The average Bonchev–Trinajstić information content (AvgIpc) is 2.94. The Morgan fingerprint density at radius 2 is 2.04 bits per heavy atom. The van der Waals surface area contributed by atoms with Crippen LogP contribution in [0.4, 0.5) is 5.82 Å². The van der Waals surface area contributed by atoms with Crippen molar-refractivity contribution in [2.24, 2.45) is 11.7 Å². The summed E-state index contributed by atoms with van der Waals surface area (Å²) in [6.45, 7) is 1.41. The van der Waals surface area contributed by atoms with E-state index < -0.39 is 0 Å². The molecular formula is C20H20N4O2S2. The number of carbonyl (C=O) groups is 2. The Bertz CT molecular complexity index is 1010. The fourth-order valence-electron chi connectivity index (χ4n) is 3.54. The Labute approximate surface area is 172 Å². The van der Waals surface area contributed by atoms with E-state index in [1.807, 2.05) is 30.3 Å². The van der Waals surface area contributed by atoms with E-state index in [0.717, 1.165) is 22.3 Å². The summed E-state index contributed by atoms with van der Waals surface area (Å²) in [7, 11) is 1.69. The number of carbonyl (C=O) groups excluding carboxylic acids is 2. The fourth-order valence-corrected chi connectivity index (χ4v) is 4.71. The lowest BCUT2D eigenvalue weighted by Crippen LogP contribution is -2.39. The van der Waals surface area contributed by atoms with Crippen molar-refractivity contribution in [2.45, 2.75) is 12.8 Å². The summed E-state index contributed by atoms with van der Waals surface area (Å²) in [4.78, 5) is 33.1. The third-order valence-electron chi connectivity index (χ3n) is 5.20. The van der Waals surface area contributed by atoms with Gasteiger partial charge in [-0.05, 0) is 31.1 Å². The highest BCUT2D eigenvalue weighted by molar-refractivity contribution is 8.26. The Hall–Kier alpha value is -2.45. The van der Waals surface area contributed by atoms with Gasteiger partial charge >= 0.3 is 0 Å². The summed E-state index contributed by atoms with van der Waals surface area (Å²) in [6, 6.07) is 9.97. The number of thioether (sulfide) groups is 1. The van der Waals surface area contributed by atoms with Gasteiger partial charge in [0.05, 0.1) is 10.4 Å². The summed E-state index contributed by atoms with van der Waals surface area (Å²) in [5.41, 5.74) is 7.24. The first kappa shape index (κ1) is 18.9. The van der Waals surface area contributed by atoms with Crippen LogP contribution in [0.1, 0.15) is 18.4 Å². The van der Waals surface area contributed by atoms with Gasteiger partial charge in [0.15, 0.2) is 0 Å². The molecule has 0 aliphatic carbocycles. The van der Waals surface area contributed by atoms with Crippen molar-refractivity contribution >= 4 is 62.9 Å².